The first-order valence-electron chi connectivity index (χ1n) is 11.0. The molecule has 180 valence electrons. The molecular formula is C28H26O7. The summed E-state index contributed by atoms with van der Waals surface area (Å²) >= 11 is 0. The number of hydrogen-bond donors (Lipinski definition) is 0. The van der Waals surface area contributed by atoms with E-state index in [1.165, 1.54) is 7.11 Å². The van der Waals surface area contributed by atoms with Crippen LogP contribution < -0.4 is 28.4 Å². The Morgan fingerprint density at radius 1 is 0.600 bits per heavy atom. The van der Waals surface area contributed by atoms with Crippen molar-refractivity contribution in [2.45, 2.75) is 0 Å². The molecule has 7 nitrogen and oxygen atoms in total. The van der Waals surface area contributed by atoms with Crippen molar-refractivity contribution >= 4 is 17.2 Å². The van der Waals surface area contributed by atoms with Gasteiger partial charge in [0.25, 0.3) is 6.47 Å². The van der Waals surface area contributed by atoms with E-state index in [1.807, 2.05) is 36.4 Å². The van der Waals surface area contributed by atoms with Crippen molar-refractivity contribution in [1.82, 2.24) is 0 Å². The fraction of sp³-hybridized carbons (Fsp3) is 0.179. The Kier molecular flexibility index (Phi) is 7.57. The van der Waals surface area contributed by atoms with Crippen LogP contribution in [0.5, 0.6) is 34.5 Å². The van der Waals surface area contributed by atoms with E-state index in [9.17, 15) is 4.79 Å². The first-order valence-corrected chi connectivity index (χ1v) is 11.0. The van der Waals surface area contributed by atoms with Gasteiger partial charge in [0.1, 0.15) is 36.2 Å². The van der Waals surface area contributed by atoms with Gasteiger partial charge in [0.05, 0.1) is 21.3 Å². The number of methoxy groups -OCH3 is 3. The topological polar surface area (TPSA) is 72.5 Å². The van der Waals surface area contributed by atoms with Gasteiger partial charge >= 0.3 is 0 Å². The molecule has 4 aromatic rings. The third-order valence-electron chi connectivity index (χ3n) is 5.46. The minimum atomic E-state index is 0.294. The van der Waals surface area contributed by atoms with Crippen LogP contribution in [0.15, 0.2) is 72.8 Å². The molecule has 7 heteroatoms. The predicted octanol–water partition coefficient (Wildman–Crippen LogP) is 5.53. The van der Waals surface area contributed by atoms with Crippen molar-refractivity contribution in [3.05, 3.63) is 72.8 Å². The number of rotatable bonds is 11. The summed E-state index contributed by atoms with van der Waals surface area (Å²) < 4.78 is 32.5. The van der Waals surface area contributed by atoms with Crippen LogP contribution in [0, 0.1) is 0 Å². The molecule has 0 aliphatic rings. The highest BCUT2D eigenvalue weighted by Crippen LogP contribution is 2.35. The molecule has 0 unspecified atom stereocenters. The molecule has 0 saturated heterocycles. The van der Waals surface area contributed by atoms with Crippen LogP contribution in [-0.4, -0.2) is 41.0 Å². The van der Waals surface area contributed by atoms with E-state index in [0.717, 1.165) is 39.1 Å². The van der Waals surface area contributed by atoms with Gasteiger partial charge in [-0.25, -0.2) is 0 Å². The molecule has 0 bridgehead atoms. The summed E-state index contributed by atoms with van der Waals surface area (Å²) in [6, 6.07) is 23.0. The van der Waals surface area contributed by atoms with E-state index in [0.29, 0.717) is 36.9 Å². The van der Waals surface area contributed by atoms with Crippen LogP contribution >= 0.6 is 0 Å². The second-order valence-electron chi connectivity index (χ2n) is 7.51. The van der Waals surface area contributed by atoms with Gasteiger partial charge in [0.2, 0.25) is 0 Å². The maximum absolute atomic E-state index is 10.7. The first-order chi connectivity index (χ1) is 17.1. The number of hydrogen-bond acceptors (Lipinski definition) is 7. The minimum absolute atomic E-state index is 0.294. The Balaban J connectivity index is 1.40. The molecule has 0 aromatic heterocycles. The van der Waals surface area contributed by atoms with Crippen molar-refractivity contribution in [3.8, 4) is 45.6 Å². The Morgan fingerprint density at radius 3 is 1.94 bits per heavy atom. The van der Waals surface area contributed by atoms with Gasteiger partial charge in [-0.05, 0) is 58.8 Å². The highest BCUT2D eigenvalue weighted by atomic mass is 16.5. The Labute approximate surface area is 203 Å². The van der Waals surface area contributed by atoms with Crippen LogP contribution in [0.1, 0.15) is 0 Å². The lowest BCUT2D eigenvalue weighted by Gasteiger charge is -2.12. The zero-order valence-corrected chi connectivity index (χ0v) is 19.8. The van der Waals surface area contributed by atoms with Gasteiger partial charge in [0, 0.05) is 17.7 Å². The second-order valence-corrected chi connectivity index (χ2v) is 7.51. The Bertz CT molecular complexity index is 1320. The Hall–Kier alpha value is -4.39. The van der Waals surface area contributed by atoms with Crippen molar-refractivity contribution in [2.75, 3.05) is 34.5 Å². The highest BCUT2D eigenvalue weighted by molar-refractivity contribution is 5.89. The number of ether oxygens (including phenoxy) is 6. The van der Waals surface area contributed by atoms with Crippen LogP contribution in [0.25, 0.3) is 21.9 Å². The number of fused-ring (bicyclic) bond motifs is 1. The van der Waals surface area contributed by atoms with E-state index in [1.54, 1.807) is 32.4 Å². The highest BCUT2D eigenvalue weighted by Gasteiger charge is 2.09. The van der Waals surface area contributed by atoms with E-state index < -0.39 is 0 Å². The molecule has 0 heterocycles. The lowest BCUT2D eigenvalue weighted by molar-refractivity contribution is -0.120. The molecule has 0 radical (unpaired) electrons. The summed E-state index contributed by atoms with van der Waals surface area (Å²) in [7, 11) is 4.79. The smallest absolute Gasteiger partial charge is 0.298 e. The quantitative estimate of drug-likeness (QED) is 0.209. The average molecular weight is 475 g/mol. The number of carbonyl (C=O) groups is 1. The predicted molar refractivity (Wildman–Crippen MR) is 133 cm³/mol. The van der Waals surface area contributed by atoms with E-state index in [4.69, 9.17) is 28.4 Å². The van der Waals surface area contributed by atoms with E-state index in [-0.39, 0.29) is 0 Å². The SMILES string of the molecule is COc1ccc(-c2ccc3cc(OCCOc4ccc(OC)c(OC=O)c4)ccc3c2)c(OC)c1. The largest absolute Gasteiger partial charge is 0.497 e. The van der Waals surface area contributed by atoms with Crippen LogP contribution in [0.4, 0.5) is 0 Å². The maximum Gasteiger partial charge on any atom is 0.298 e. The summed E-state index contributed by atoms with van der Waals surface area (Å²) in [5, 5.41) is 2.15. The van der Waals surface area contributed by atoms with Gasteiger partial charge in [0.15, 0.2) is 11.5 Å². The normalized spacial score (nSPS) is 10.5. The van der Waals surface area contributed by atoms with E-state index in [2.05, 4.69) is 18.2 Å². The van der Waals surface area contributed by atoms with Gasteiger partial charge < -0.3 is 28.4 Å². The van der Waals surface area contributed by atoms with Crippen LogP contribution in [-0.2, 0) is 4.79 Å². The summed E-state index contributed by atoms with van der Waals surface area (Å²) in [6.07, 6.45) is 0. The summed E-state index contributed by atoms with van der Waals surface area (Å²) in [5.41, 5.74) is 2.05. The molecule has 35 heavy (non-hydrogen) atoms. The second kappa shape index (κ2) is 11.2. The fourth-order valence-electron chi connectivity index (χ4n) is 3.73. The molecule has 0 aliphatic carbocycles. The summed E-state index contributed by atoms with van der Waals surface area (Å²) in [5.74, 6) is 3.54. The molecule has 0 saturated carbocycles. The van der Waals surface area contributed by atoms with Gasteiger partial charge in [-0.15, -0.1) is 0 Å². The number of carbonyl (C=O) groups excluding carboxylic acids is 1. The van der Waals surface area contributed by atoms with Gasteiger partial charge in [-0.2, -0.15) is 0 Å². The third kappa shape index (κ3) is 5.58. The van der Waals surface area contributed by atoms with Gasteiger partial charge in [-0.1, -0.05) is 18.2 Å². The summed E-state index contributed by atoms with van der Waals surface area (Å²) in [6.45, 7) is 1.02. The van der Waals surface area contributed by atoms with Gasteiger partial charge in [-0.3, -0.25) is 4.79 Å². The van der Waals surface area contributed by atoms with E-state index >= 15 is 0 Å². The zero-order valence-electron chi connectivity index (χ0n) is 19.8. The zero-order chi connectivity index (χ0) is 24.6. The third-order valence-corrected chi connectivity index (χ3v) is 5.46. The van der Waals surface area contributed by atoms with Crippen molar-refractivity contribution in [2.24, 2.45) is 0 Å². The molecular weight excluding hydrogens is 448 g/mol. The minimum Gasteiger partial charge on any atom is -0.497 e. The molecule has 0 aliphatic heterocycles. The summed E-state index contributed by atoms with van der Waals surface area (Å²) in [4.78, 5) is 10.7. The average Bonchev–Trinajstić information content (AvgIpc) is 2.90. The van der Waals surface area contributed by atoms with Crippen LogP contribution in [0.2, 0.25) is 0 Å². The maximum atomic E-state index is 10.7. The standard InChI is InChI=1S/C28H26O7/c1-30-22-8-10-25(27(16-22)32-3)21-5-4-20-15-23(7-6-19(20)14-21)33-12-13-34-24-9-11-26(31-2)28(17-24)35-18-29/h4-11,14-18H,12-13H2,1-3H3. The lowest BCUT2D eigenvalue weighted by atomic mass is 10.00. The molecule has 0 N–H and O–H groups in total. The molecule has 0 amide bonds. The molecule has 0 fully saturated rings. The fourth-order valence-corrected chi connectivity index (χ4v) is 3.73. The molecule has 0 spiro atoms. The van der Waals surface area contributed by atoms with Crippen molar-refractivity contribution in [3.63, 3.8) is 0 Å². The van der Waals surface area contributed by atoms with Crippen molar-refractivity contribution < 1.29 is 33.2 Å². The molecule has 4 aromatic carbocycles. The lowest BCUT2D eigenvalue weighted by Crippen LogP contribution is -2.09. The Morgan fingerprint density at radius 2 is 1.23 bits per heavy atom. The number of benzene rings is 4. The first kappa shape index (κ1) is 23.8. The monoisotopic (exact) mass is 474 g/mol. The van der Waals surface area contributed by atoms with Crippen molar-refractivity contribution in [1.29, 1.82) is 0 Å². The molecule has 0 atom stereocenters. The van der Waals surface area contributed by atoms with Crippen LogP contribution in [0.3, 0.4) is 0 Å². The molecule has 4 rings (SSSR count).